The van der Waals surface area contributed by atoms with E-state index < -0.39 is 12.1 Å². The van der Waals surface area contributed by atoms with Crippen LogP contribution in [-0.2, 0) is 16.0 Å². The monoisotopic (exact) mass is 478 g/mol. The Labute approximate surface area is 205 Å². The summed E-state index contributed by atoms with van der Waals surface area (Å²) in [6.07, 6.45) is 3.42. The van der Waals surface area contributed by atoms with Crippen LogP contribution in [0.25, 0.3) is 0 Å². The topological polar surface area (TPSA) is 94.3 Å². The molecule has 3 atom stereocenters. The summed E-state index contributed by atoms with van der Waals surface area (Å²) in [6.45, 7) is 10.5. The lowest BCUT2D eigenvalue weighted by molar-refractivity contribution is -0.145. The zero-order valence-electron chi connectivity index (χ0n) is 22.0. The van der Waals surface area contributed by atoms with Gasteiger partial charge in [-0.15, -0.1) is 0 Å². The maximum Gasteiger partial charge on any atom is 0.228 e. The number of carbonyl (C=O) groups is 1. The number of aliphatic hydroxyl groups is 1. The molecule has 1 aliphatic rings. The van der Waals surface area contributed by atoms with Crippen LogP contribution >= 0.6 is 0 Å². The van der Waals surface area contributed by atoms with Gasteiger partial charge in [0, 0.05) is 44.7 Å². The van der Waals surface area contributed by atoms with Crippen LogP contribution in [-0.4, -0.2) is 68.6 Å². The van der Waals surface area contributed by atoms with Gasteiger partial charge in [-0.2, -0.15) is 0 Å². The number of ether oxygens (including phenoxy) is 3. The number of amides is 1. The number of methoxy groups -OCH3 is 2. The molecule has 1 fully saturated rings. The number of likely N-dealkylation sites (tertiary alicyclic amines) is 1. The maximum absolute atomic E-state index is 12.7. The van der Waals surface area contributed by atoms with E-state index in [0.717, 1.165) is 37.0 Å². The number of carbonyl (C=O) groups excluding carboxylic acids is 1. The molecule has 194 valence electrons. The SMILES string of the molecule is COCCCOc1cc(CC(CC(N)C(O)CN2CCCC(C)(C)C2=O)C(C)C)ccc1OC. The molecule has 1 amide bonds. The molecule has 1 aliphatic heterocycles. The quantitative estimate of drug-likeness (QED) is 0.397. The molecule has 0 aliphatic carbocycles. The number of nitrogens with two attached hydrogens (primary N) is 1. The van der Waals surface area contributed by atoms with Crippen molar-refractivity contribution < 1.29 is 24.1 Å². The van der Waals surface area contributed by atoms with E-state index in [0.29, 0.717) is 44.4 Å². The predicted molar refractivity (Wildman–Crippen MR) is 135 cm³/mol. The first-order valence-electron chi connectivity index (χ1n) is 12.6. The van der Waals surface area contributed by atoms with Crippen molar-refractivity contribution in [3.05, 3.63) is 23.8 Å². The standard InChI is InChI=1S/C27H46N2O5/c1-19(2)21(15-20-9-10-24(33-6)25(16-20)34-14-8-13-32-5)17-22(28)23(30)18-29-12-7-11-27(3,4)26(29)31/h9-10,16,19,21-23,30H,7-8,11-15,17-18,28H2,1-6H3. The highest BCUT2D eigenvalue weighted by molar-refractivity contribution is 5.82. The second-order valence-corrected chi connectivity index (χ2v) is 10.6. The van der Waals surface area contributed by atoms with E-state index >= 15 is 0 Å². The van der Waals surface area contributed by atoms with E-state index in [1.165, 1.54) is 0 Å². The van der Waals surface area contributed by atoms with Gasteiger partial charge in [-0.05, 0) is 55.2 Å². The number of piperidine rings is 1. The Kier molecular flexibility index (Phi) is 11.1. The molecule has 7 heteroatoms. The molecule has 0 aromatic heterocycles. The Morgan fingerprint density at radius 1 is 1.18 bits per heavy atom. The highest BCUT2D eigenvalue weighted by Gasteiger charge is 2.37. The van der Waals surface area contributed by atoms with Crippen LogP contribution < -0.4 is 15.2 Å². The van der Waals surface area contributed by atoms with Crippen molar-refractivity contribution >= 4 is 5.91 Å². The van der Waals surface area contributed by atoms with E-state index in [2.05, 4.69) is 19.9 Å². The first-order valence-corrected chi connectivity index (χ1v) is 12.6. The van der Waals surface area contributed by atoms with Gasteiger partial charge in [0.1, 0.15) is 0 Å². The molecule has 0 bridgehead atoms. The van der Waals surface area contributed by atoms with Crippen molar-refractivity contribution in [1.29, 1.82) is 0 Å². The molecule has 3 unspecified atom stereocenters. The molecule has 1 heterocycles. The van der Waals surface area contributed by atoms with Gasteiger partial charge in [-0.25, -0.2) is 0 Å². The second-order valence-electron chi connectivity index (χ2n) is 10.6. The lowest BCUT2D eigenvalue weighted by atomic mass is 9.82. The number of benzene rings is 1. The van der Waals surface area contributed by atoms with Gasteiger partial charge >= 0.3 is 0 Å². The van der Waals surface area contributed by atoms with Crippen LogP contribution in [0.2, 0.25) is 0 Å². The van der Waals surface area contributed by atoms with Crippen LogP contribution in [0.3, 0.4) is 0 Å². The first-order chi connectivity index (χ1) is 16.1. The van der Waals surface area contributed by atoms with Crippen molar-refractivity contribution in [2.75, 3.05) is 40.5 Å². The number of aliphatic hydroxyl groups excluding tert-OH is 1. The summed E-state index contributed by atoms with van der Waals surface area (Å²) in [5, 5.41) is 10.8. The largest absolute Gasteiger partial charge is 0.493 e. The molecular weight excluding hydrogens is 432 g/mol. The Morgan fingerprint density at radius 2 is 1.91 bits per heavy atom. The molecule has 2 rings (SSSR count). The van der Waals surface area contributed by atoms with Crippen molar-refractivity contribution in [3.63, 3.8) is 0 Å². The highest BCUT2D eigenvalue weighted by atomic mass is 16.5. The van der Waals surface area contributed by atoms with Gasteiger partial charge < -0.3 is 30.0 Å². The van der Waals surface area contributed by atoms with E-state index in [1.54, 1.807) is 19.1 Å². The third-order valence-electron chi connectivity index (χ3n) is 6.99. The van der Waals surface area contributed by atoms with Crippen molar-refractivity contribution in [3.8, 4) is 11.5 Å². The van der Waals surface area contributed by atoms with Crippen LogP contribution in [0, 0.1) is 17.3 Å². The summed E-state index contributed by atoms with van der Waals surface area (Å²) in [6, 6.07) is 5.65. The Hall–Kier alpha value is -1.83. The summed E-state index contributed by atoms with van der Waals surface area (Å²) in [7, 11) is 3.32. The molecule has 3 N–H and O–H groups in total. The van der Waals surface area contributed by atoms with Crippen LogP contribution in [0.1, 0.15) is 58.9 Å². The van der Waals surface area contributed by atoms with E-state index in [9.17, 15) is 9.90 Å². The zero-order chi connectivity index (χ0) is 25.3. The maximum atomic E-state index is 12.7. The fourth-order valence-corrected chi connectivity index (χ4v) is 4.63. The van der Waals surface area contributed by atoms with Gasteiger partial charge in [0.05, 0.1) is 19.8 Å². The molecule has 7 nitrogen and oxygen atoms in total. The fourth-order valence-electron chi connectivity index (χ4n) is 4.63. The summed E-state index contributed by atoms with van der Waals surface area (Å²) in [5.74, 6) is 2.23. The smallest absolute Gasteiger partial charge is 0.228 e. The lowest BCUT2D eigenvalue weighted by Gasteiger charge is -2.39. The number of hydrogen-bond donors (Lipinski definition) is 2. The van der Waals surface area contributed by atoms with Crippen LogP contribution in [0.15, 0.2) is 18.2 Å². The third kappa shape index (κ3) is 8.14. The van der Waals surface area contributed by atoms with Gasteiger partial charge in [0.25, 0.3) is 0 Å². The van der Waals surface area contributed by atoms with E-state index in [4.69, 9.17) is 19.9 Å². The Bertz CT molecular complexity index is 767. The number of nitrogens with zero attached hydrogens (tertiary/aromatic N) is 1. The zero-order valence-corrected chi connectivity index (χ0v) is 22.0. The Morgan fingerprint density at radius 3 is 2.56 bits per heavy atom. The normalized spacial score (nSPS) is 18.6. The molecular formula is C27H46N2O5. The van der Waals surface area contributed by atoms with Crippen LogP contribution in [0.5, 0.6) is 11.5 Å². The van der Waals surface area contributed by atoms with Crippen molar-refractivity contribution in [1.82, 2.24) is 4.90 Å². The molecule has 1 aromatic carbocycles. The van der Waals surface area contributed by atoms with Crippen molar-refractivity contribution in [2.45, 2.75) is 71.9 Å². The molecule has 34 heavy (non-hydrogen) atoms. The molecule has 1 saturated heterocycles. The predicted octanol–water partition coefficient (Wildman–Crippen LogP) is 3.65. The molecule has 0 spiro atoms. The highest BCUT2D eigenvalue weighted by Crippen LogP contribution is 2.32. The van der Waals surface area contributed by atoms with Gasteiger partial charge in [-0.3, -0.25) is 4.79 Å². The minimum absolute atomic E-state index is 0.113. The van der Waals surface area contributed by atoms with Gasteiger partial charge in [0.15, 0.2) is 11.5 Å². The first kappa shape index (κ1) is 28.4. The molecule has 0 saturated carbocycles. The number of rotatable bonds is 14. The molecule has 0 radical (unpaired) electrons. The van der Waals surface area contributed by atoms with E-state index in [-0.39, 0.29) is 17.2 Å². The van der Waals surface area contributed by atoms with Gasteiger partial charge in [-0.1, -0.05) is 33.8 Å². The summed E-state index contributed by atoms with van der Waals surface area (Å²) in [5.41, 5.74) is 7.25. The van der Waals surface area contributed by atoms with Crippen LogP contribution in [0.4, 0.5) is 0 Å². The lowest BCUT2D eigenvalue weighted by Crippen LogP contribution is -2.52. The average Bonchev–Trinajstić information content (AvgIpc) is 2.79. The number of β-amino-alcohol motifs (C(OH)–C–C–N with tert-alkyl or cyclic N) is 1. The third-order valence-corrected chi connectivity index (χ3v) is 6.99. The minimum atomic E-state index is -0.741. The summed E-state index contributed by atoms with van der Waals surface area (Å²) < 4.78 is 16.5. The average molecular weight is 479 g/mol. The summed E-state index contributed by atoms with van der Waals surface area (Å²) in [4.78, 5) is 14.5. The molecule has 1 aromatic rings. The van der Waals surface area contributed by atoms with Crippen molar-refractivity contribution in [2.24, 2.45) is 23.0 Å². The summed E-state index contributed by atoms with van der Waals surface area (Å²) >= 11 is 0. The minimum Gasteiger partial charge on any atom is -0.493 e. The number of hydrogen-bond acceptors (Lipinski definition) is 6. The van der Waals surface area contributed by atoms with E-state index in [1.807, 2.05) is 26.0 Å². The fraction of sp³-hybridized carbons (Fsp3) is 0.741. The Balaban J connectivity index is 2.01. The van der Waals surface area contributed by atoms with Gasteiger partial charge in [0.2, 0.25) is 5.91 Å². The second kappa shape index (κ2) is 13.3.